The standard InChI is InChI=1S/C12H14N2O/c1-8-12(9(2)14-13-8)11-6-4-3-5-10(11)7-15/h3-6,15H,7H2,1-2H3,(H,13,14). The zero-order chi connectivity index (χ0) is 10.8. The van der Waals surface area contributed by atoms with Crippen LogP contribution in [0.15, 0.2) is 24.3 Å². The number of hydrogen-bond acceptors (Lipinski definition) is 2. The first-order chi connectivity index (χ1) is 7.24. The lowest BCUT2D eigenvalue weighted by atomic mass is 9.99. The molecular weight excluding hydrogens is 188 g/mol. The van der Waals surface area contributed by atoms with Crippen molar-refractivity contribution < 1.29 is 5.11 Å². The van der Waals surface area contributed by atoms with Crippen molar-refractivity contribution in [2.24, 2.45) is 0 Å². The first-order valence-electron chi connectivity index (χ1n) is 4.94. The summed E-state index contributed by atoms with van der Waals surface area (Å²) in [6, 6.07) is 7.85. The third kappa shape index (κ3) is 1.66. The predicted molar refractivity (Wildman–Crippen MR) is 59.4 cm³/mol. The van der Waals surface area contributed by atoms with E-state index in [9.17, 15) is 5.11 Å². The number of aromatic amines is 1. The molecule has 78 valence electrons. The van der Waals surface area contributed by atoms with Crippen LogP contribution >= 0.6 is 0 Å². The summed E-state index contributed by atoms with van der Waals surface area (Å²) in [6.45, 7) is 4.01. The van der Waals surface area contributed by atoms with Crippen molar-refractivity contribution in [3.05, 3.63) is 41.2 Å². The lowest BCUT2D eigenvalue weighted by Crippen LogP contribution is -1.90. The van der Waals surface area contributed by atoms with Gasteiger partial charge in [-0.2, -0.15) is 5.10 Å². The molecule has 1 aromatic heterocycles. The zero-order valence-electron chi connectivity index (χ0n) is 8.91. The highest BCUT2D eigenvalue weighted by atomic mass is 16.3. The molecule has 0 aliphatic carbocycles. The fourth-order valence-electron chi connectivity index (χ4n) is 1.85. The SMILES string of the molecule is Cc1n[nH]c(C)c1-c1ccccc1CO. The Morgan fingerprint density at radius 3 is 2.60 bits per heavy atom. The molecule has 0 saturated carbocycles. The Balaban J connectivity index is 2.63. The number of aliphatic hydroxyl groups excluding tert-OH is 1. The monoisotopic (exact) mass is 202 g/mol. The van der Waals surface area contributed by atoms with Crippen LogP contribution in [-0.4, -0.2) is 15.3 Å². The molecule has 3 heteroatoms. The minimum Gasteiger partial charge on any atom is -0.392 e. The Kier molecular flexibility index (Phi) is 2.56. The summed E-state index contributed by atoms with van der Waals surface area (Å²) in [5, 5.41) is 16.4. The van der Waals surface area contributed by atoms with Crippen molar-refractivity contribution >= 4 is 0 Å². The Morgan fingerprint density at radius 2 is 2.00 bits per heavy atom. The van der Waals surface area contributed by atoms with Gasteiger partial charge in [0, 0.05) is 11.3 Å². The van der Waals surface area contributed by atoms with Gasteiger partial charge in [0.15, 0.2) is 0 Å². The predicted octanol–water partition coefficient (Wildman–Crippen LogP) is 2.19. The van der Waals surface area contributed by atoms with E-state index < -0.39 is 0 Å². The van der Waals surface area contributed by atoms with Gasteiger partial charge < -0.3 is 5.11 Å². The van der Waals surface area contributed by atoms with E-state index in [1.54, 1.807) is 0 Å². The van der Waals surface area contributed by atoms with E-state index in [1.807, 2.05) is 38.1 Å². The Hall–Kier alpha value is -1.61. The third-order valence-electron chi connectivity index (χ3n) is 2.59. The van der Waals surface area contributed by atoms with Crippen LogP contribution in [0.1, 0.15) is 17.0 Å². The van der Waals surface area contributed by atoms with Crippen molar-refractivity contribution in [2.75, 3.05) is 0 Å². The molecule has 0 saturated heterocycles. The summed E-state index contributed by atoms with van der Waals surface area (Å²) in [4.78, 5) is 0. The van der Waals surface area contributed by atoms with Crippen molar-refractivity contribution in [1.82, 2.24) is 10.2 Å². The number of nitrogens with one attached hydrogen (secondary N) is 1. The third-order valence-corrected chi connectivity index (χ3v) is 2.59. The van der Waals surface area contributed by atoms with Gasteiger partial charge in [-0.3, -0.25) is 5.10 Å². The van der Waals surface area contributed by atoms with Crippen LogP contribution in [0.4, 0.5) is 0 Å². The van der Waals surface area contributed by atoms with Gasteiger partial charge in [0.2, 0.25) is 0 Å². The van der Waals surface area contributed by atoms with Crippen molar-refractivity contribution in [1.29, 1.82) is 0 Å². The van der Waals surface area contributed by atoms with Crippen molar-refractivity contribution in [3.8, 4) is 11.1 Å². The lowest BCUT2D eigenvalue weighted by Gasteiger charge is -2.06. The summed E-state index contributed by atoms with van der Waals surface area (Å²) in [7, 11) is 0. The van der Waals surface area contributed by atoms with Crippen LogP contribution in [0.5, 0.6) is 0 Å². The quantitative estimate of drug-likeness (QED) is 0.784. The normalized spacial score (nSPS) is 10.6. The van der Waals surface area contributed by atoms with Crippen LogP contribution in [0, 0.1) is 13.8 Å². The van der Waals surface area contributed by atoms with E-state index >= 15 is 0 Å². The fourth-order valence-corrected chi connectivity index (χ4v) is 1.85. The molecule has 0 radical (unpaired) electrons. The molecule has 0 spiro atoms. The molecule has 0 aliphatic heterocycles. The van der Waals surface area contributed by atoms with Crippen LogP contribution in [0.2, 0.25) is 0 Å². The van der Waals surface area contributed by atoms with Gasteiger partial charge >= 0.3 is 0 Å². The maximum atomic E-state index is 9.27. The Bertz CT molecular complexity index is 455. The molecule has 0 fully saturated rings. The highest BCUT2D eigenvalue weighted by Crippen LogP contribution is 2.28. The van der Waals surface area contributed by atoms with E-state index in [0.717, 1.165) is 28.1 Å². The Morgan fingerprint density at radius 1 is 1.27 bits per heavy atom. The number of aromatic nitrogens is 2. The van der Waals surface area contributed by atoms with Gasteiger partial charge in [-0.25, -0.2) is 0 Å². The second kappa shape index (κ2) is 3.87. The molecule has 2 N–H and O–H groups in total. The number of hydrogen-bond donors (Lipinski definition) is 2. The molecule has 0 amide bonds. The molecule has 0 aliphatic rings. The maximum absolute atomic E-state index is 9.27. The largest absolute Gasteiger partial charge is 0.392 e. The summed E-state index contributed by atoms with van der Waals surface area (Å²) in [5.74, 6) is 0. The lowest BCUT2D eigenvalue weighted by molar-refractivity contribution is 0.282. The highest BCUT2D eigenvalue weighted by molar-refractivity contribution is 5.71. The summed E-state index contributed by atoms with van der Waals surface area (Å²) >= 11 is 0. The molecule has 3 nitrogen and oxygen atoms in total. The number of H-pyrrole nitrogens is 1. The molecule has 0 bridgehead atoms. The van der Waals surface area contributed by atoms with Gasteiger partial charge in [0.1, 0.15) is 0 Å². The molecular formula is C12H14N2O. The summed E-state index contributed by atoms with van der Waals surface area (Å²) in [5.41, 5.74) is 5.09. The Labute approximate surface area is 88.8 Å². The van der Waals surface area contributed by atoms with E-state index in [0.29, 0.717) is 0 Å². The number of nitrogens with zero attached hydrogens (tertiary/aromatic N) is 1. The molecule has 1 aromatic carbocycles. The molecule has 0 unspecified atom stereocenters. The fraction of sp³-hybridized carbons (Fsp3) is 0.250. The second-order valence-corrected chi connectivity index (χ2v) is 3.62. The molecule has 2 aromatic rings. The number of aryl methyl sites for hydroxylation is 2. The van der Waals surface area contributed by atoms with Crippen LogP contribution in [0.3, 0.4) is 0 Å². The minimum absolute atomic E-state index is 0.0558. The first kappa shape index (κ1) is 9.93. The number of rotatable bonds is 2. The van der Waals surface area contributed by atoms with E-state index in [4.69, 9.17) is 0 Å². The van der Waals surface area contributed by atoms with Crippen LogP contribution in [0.25, 0.3) is 11.1 Å². The van der Waals surface area contributed by atoms with Crippen LogP contribution < -0.4 is 0 Å². The number of benzene rings is 1. The van der Waals surface area contributed by atoms with Crippen LogP contribution in [-0.2, 0) is 6.61 Å². The van der Waals surface area contributed by atoms with Crippen molar-refractivity contribution in [2.45, 2.75) is 20.5 Å². The highest BCUT2D eigenvalue weighted by Gasteiger charge is 2.11. The summed E-state index contributed by atoms with van der Waals surface area (Å²) in [6.07, 6.45) is 0. The van der Waals surface area contributed by atoms with Gasteiger partial charge in [-0.1, -0.05) is 24.3 Å². The van der Waals surface area contributed by atoms with E-state index in [2.05, 4.69) is 10.2 Å². The summed E-state index contributed by atoms with van der Waals surface area (Å²) < 4.78 is 0. The van der Waals surface area contributed by atoms with E-state index in [-0.39, 0.29) is 6.61 Å². The van der Waals surface area contributed by atoms with Gasteiger partial charge in [-0.15, -0.1) is 0 Å². The first-order valence-corrected chi connectivity index (χ1v) is 4.94. The van der Waals surface area contributed by atoms with Crippen molar-refractivity contribution in [3.63, 3.8) is 0 Å². The molecule has 1 heterocycles. The average Bonchev–Trinajstić information content (AvgIpc) is 2.59. The van der Waals surface area contributed by atoms with Gasteiger partial charge in [0.05, 0.1) is 12.3 Å². The molecule has 0 atom stereocenters. The zero-order valence-corrected chi connectivity index (χ0v) is 8.91. The second-order valence-electron chi connectivity index (χ2n) is 3.62. The number of aliphatic hydroxyl groups is 1. The maximum Gasteiger partial charge on any atom is 0.0687 e. The van der Waals surface area contributed by atoms with E-state index in [1.165, 1.54) is 0 Å². The average molecular weight is 202 g/mol. The molecule has 15 heavy (non-hydrogen) atoms. The smallest absolute Gasteiger partial charge is 0.0687 e. The van der Waals surface area contributed by atoms with Gasteiger partial charge in [0.25, 0.3) is 0 Å². The topological polar surface area (TPSA) is 48.9 Å². The van der Waals surface area contributed by atoms with Gasteiger partial charge in [-0.05, 0) is 25.0 Å². The minimum atomic E-state index is 0.0558. The molecule has 2 rings (SSSR count).